The summed E-state index contributed by atoms with van der Waals surface area (Å²) in [6.07, 6.45) is 0. The first kappa shape index (κ1) is 19.9. The molecule has 0 N–H and O–H groups in total. The fourth-order valence-corrected chi connectivity index (χ4v) is 6.89. The van der Waals surface area contributed by atoms with E-state index < -0.39 is 33.6 Å². The largest absolute Gasteiger partial charge is 0.312 e. The second kappa shape index (κ2) is 7.48. The van der Waals surface area contributed by atoms with Gasteiger partial charge in [0.15, 0.2) is 15.0 Å². The summed E-state index contributed by atoms with van der Waals surface area (Å²) in [4.78, 5) is 6.09. The van der Waals surface area contributed by atoms with Crippen LogP contribution in [0.4, 0.5) is 14.5 Å². The van der Waals surface area contributed by atoms with Crippen LogP contribution in [0.15, 0.2) is 41.4 Å². The zero-order valence-corrected chi connectivity index (χ0v) is 17.4. The van der Waals surface area contributed by atoms with Gasteiger partial charge in [0.1, 0.15) is 11.6 Å². The second-order valence-corrected chi connectivity index (χ2v) is 10.6. The van der Waals surface area contributed by atoms with Crippen molar-refractivity contribution in [3.8, 4) is 0 Å². The number of hydrogen-bond acceptors (Lipinski definition) is 5. The van der Waals surface area contributed by atoms with E-state index in [1.807, 2.05) is 0 Å². The molecule has 0 spiro atoms. The van der Waals surface area contributed by atoms with Crippen LogP contribution in [-0.2, 0) is 15.6 Å². The van der Waals surface area contributed by atoms with Crippen LogP contribution in [0.1, 0.15) is 5.56 Å². The average Bonchev–Trinajstić information content (AvgIpc) is 3.06. The minimum absolute atomic E-state index is 0.0806. The summed E-state index contributed by atoms with van der Waals surface area (Å²) in [5.74, 6) is -1.22. The molecule has 2 aliphatic rings. The maximum absolute atomic E-state index is 14.5. The molecule has 0 radical (unpaired) electrons. The van der Waals surface area contributed by atoms with Crippen molar-refractivity contribution in [3.05, 3.63) is 63.6 Å². The zero-order chi connectivity index (χ0) is 20.1. The summed E-state index contributed by atoms with van der Waals surface area (Å²) in [7, 11) is -3.26. The molecule has 2 aromatic carbocycles. The number of fused-ring (bicyclic) bond motifs is 1. The number of sulfone groups is 1. The second-order valence-electron chi connectivity index (χ2n) is 6.61. The molecule has 2 aliphatic heterocycles. The first-order valence-corrected chi connectivity index (χ1v) is 11.9. The smallest absolute Gasteiger partial charge is 0.164 e. The van der Waals surface area contributed by atoms with Gasteiger partial charge in [-0.3, -0.25) is 4.99 Å². The van der Waals surface area contributed by atoms with Gasteiger partial charge < -0.3 is 4.90 Å². The van der Waals surface area contributed by atoms with Gasteiger partial charge in [-0.2, -0.15) is 0 Å². The van der Waals surface area contributed by atoms with Crippen molar-refractivity contribution in [2.45, 2.75) is 17.8 Å². The lowest BCUT2D eigenvalue weighted by molar-refractivity contribution is 0.577. The maximum Gasteiger partial charge on any atom is 0.164 e. The standard InChI is InChI=1S/C18H14Cl2F2N2O2S2/c19-11-2-1-10(13(20)5-11)7-27-18-23-15-8-28(25,26)9-17(15)24(18)16-4-3-12(21)6-14(16)22/h1-6,15,17H,7-9H2/t15-,17+/m0/s1. The molecule has 1 saturated heterocycles. The molecule has 148 valence electrons. The van der Waals surface area contributed by atoms with Gasteiger partial charge in [0.2, 0.25) is 0 Å². The van der Waals surface area contributed by atoms with Crippen molar-refractivity contribution in [2.24, 2.45) is 4.99 Å². The van der Waals surface area contributed by atoms with E-state index in [1.54, 1.807) is 23.1 Å². The van der Waals surface area contributed by atoms with E-state index in [0.717, 1.165) is 17.7 Å². The summed E-state index contributed by atoms with van der Waals surface area (Å²) < 4.78 is 51.9. The third kappa shape index (κ3) is 3.87. The van der Waals surface area contributed by atoms with Gasteiger partial charge in [-0.1, -0.05) is 41.0 Å². The molecule has 2 heterocycles. The Kier molecular flexibility index (Phi) is 5.33. The average molecular weight is 463 g/mol. The lowest BCUT2D eigenvalue weighted by Crippen LogP contribution is -2.39. The van der Waals surface area contributed by atoms with E-state index in [0.29, 0.717) is 21.0 Å². The molecule has 1 fully saturated rings. The minimum atomic E-state index is -3.26. The lowest BCUT2D eigenvalue weighted by atomic mass is 10.1. The lowest BCUT2D eigenvalue weighted by Gasteiger charge is -2.27. The summed E-state index contributed by atoms with van der Waals surface area (Å²) in [6.45, 7) is 0. The molecular weight excluding hydrogens is 449 g/mol. The normalized spacial score (nSPS) is 23.0. The first-order valence-electron chi connectivity index (χ1n) is 8.33. The van der Waals surface area contributed by atoms with E-state index in [-0.39, 0.29) is 17.2 Å². The summed E-state index contributed by atoms with van der Waals surface area (Å²) in [5, 5.41) is 1.51. The summed E-state index contributed by atoms with van der Waals surface area (Å²) in [6, 6.07) is 7.40. The van der Waals surface area contributed by atoms with E-state index >= 15 is 0 Å². The SMILES string of the molecule is O=S1(=O)C[C@@H]2N=C(SCc3ccc(Cl)cc3Cl)N(c3ccc(F)cc3F)[C@@H]2C1. The highest BCUT2D eigenvalue weighted by molar-refractivity contribution is 8.13. The van der Waals surface area contributed by atoms with Crippen molar-refractivity contribution in [2.75, 3.05) is 16.4 Å². The van der Waals surface area contributed by atoms with Crippen LogP contribution in [0.5, 0.6) is 0 Å². The molecule has 4 rings (SSSR count). The van der Waals surface area contributed by atoms with Crippen LogP contribution in [0.2, 0.25) is 10.0 Å². The van der Waals surface area contributed by atoms with Gasteiger partial charge in [0.25, 0.3) is 0 Å². The first-order chi connectivity index (χ1) is 13.2. The fourth-order valence-electron chi connectivity index (χ4n) is 3.37. The molecule has 0 bridgehead atoms. The molecule has 0 unspecified atom stereocenters. The minimum Gasteiger partial charge on any atom is -0.312 e. The Morgan fingerprint density at radius 2 is 1.93 bits per heavy atom. The van der Waals surface area contributed by atoms with Crippen molar-refractivity contribution < 1.29 is 17.2 Å². The number of thioether (sulfide) groups is 1. The van der Waals surface area contributed by atoms with Crippen LogP contribution in [0.3, 0.4) is 0 Å². The molecule has 2 atom stereocenters. The highest BCUT2D eigenvalue weighted by atomic mass is 35.5. The topological polar surface area (TPSA) is 49.7 Å². The van der Waals surface area contributed by atoms with Crippen molar-refractivity contribution in [1.29, 1.82) is 0 Å². The van der Waals surface area contributed by atoms with E-state index in [9.17, 15) is 17.2 Å². The number of benzene rings is 2. The number of nitrogens with zero attached hydrogens (tertiary/aromatic N) is 2. The predicted octanol–water partition coefficient (Wildman–Crippen LogP) is 4.55. The molecule has 2 aromatic rings. The van der Waals surface area contributed by atoms with E-state index in [4.69, 9.17) is 23.2 Å². The van der Waals surface area contributed by atoms with Crippen molar-refractivity contribution >= 4 is 55.7 Å². The Balaban J connectivity index is 1.65. The molecule has 10 heteroatoms. The van der Waals surface area contributed by atoms with Crippen molar-refractivity contribution in [1.82, 2.24) is 0 Å². The van der Waals surface area contributed by atoms with Gasteiger partial charge in [0.05, 0.1) is 29.3 Å². The Bertz CT molecular complexity index is 1080. The van der Waals surface area contributed by atoms with Crippen LogP contribution < -0.4 is 4.90 Å². The highest BCUT2D eigenvalue weighted by Crippen LogP contribution is 2.37. The molecule has 0 saturated carbocycles. The number of anilines is 1. The number of halogens is 4. The molecule has 0 aromatic heterocycles. The van der Waals surface area contributed by atoms with Gasteiger partial charge in [0, 0.05) is 21.9 Å². The Labute approximate surface area is 175 Å². The van der Waals surface area contributed by atoms with Crippen LogP contribution in [-0.4, -0.2) is 37.2 Å². The Morgan fingerprint density at radius 1 is 1.14 bits per heavy atom. The maximum atomic E-state index is 14.5. The molecular formula is C18H14Cl2F2N2O2S2. The number of aliphatic imine (C=N–C) groups is 1. The molecule has 4 nitrogen and oxygen atoms in total. The van der Waals surface area contributed by atoms with Gasteiger partial charge >= 0.3 is 0 Å². The number of hydrogen-bond donors (Lipinski definition) is 0. The number of amidine groups is 1. The highest BCUT2D eigenvalue weighted by Gasteiger charge is 2.47. The molecule has 0 amide bonds. The van der Waals surface area contributed by atoms with Crippen LogP contribution >= 0.6 is 35.0 Å². The monoisotopic (exact) mass is 462 g/mol. The summed E-state index contributed by atoms with van der Waals surface area (Å²) >= 11 is 13.5. The third-order valence-corrected chi connectivity index (χ3v) is 7.95. The summed E-state index contributed by atoms with van der Waals surface area (Å²) in [5.41, 5.74) is 0.933. The Morgan fingerprint density at radius 3 is 2.64 bits per heavy atom. The van der Waals surface area contributed by atoms with Crippen LogP contribution in [0.25, 0.3) is 0 Å². The quantitative estimate of drug-likeness (QED) is 0.671. The third-order valence-electron chi connectivity index (χ3n) is 4.65. The van der Waals surface area contributed by atoms with E-state index in [1.165, 1.54) is 17.8 Å². The van der Waals surface area contributed by atoms with E-state index in [2.05, 4.69) is 4.99 Å². The number of rotatable bonds is 3. The zero-order valence-electron chi connectivity index (χ0n) is 14.3. The van der Waals surface area contributed by atoms with Gasteiger partial charge in [-0.05, 0) is 29.8 Å². The fraction of sp³-hybridized carbons (Fsp3) is 0.278. The van der Waals surface area contributed by atoms with Gasteiger partial charge in [-0.25, -0.2) is 17.2 Å². The molecule has 0 aliphatic carbocycles. The van der Waals surface area contributed by atoms with Gasteiger partial charge in [-0.15, -0.1) is 0 Å². The van der Waals surface area contributed by atoms with Crippen LogP contribution in [0, 0.1) is 11.6 Å². The van der Waals surface area contributed by atoms with Crippen molar-refractivity contribution in [3.63, 3.8) is 0 Å². The molecule has 28 heavy (non-hydrogen) atoms. The Hall–Kier alpha value is -1.35. The predicted molar refractivity (Wildman–Crippen MR) is 110 cm³/mol.